The van der Waals surface area contributed by atoms with Crippen LogP contribution in [0.4, 0.5) is 0 Å². The van der Waals surface area contributed by atoms with Gasteiger partial charge in [-0.15, -0.1) is 0 Å². The lowest BCUT2D eigenvalue weighted by atomic mass is 9.83. The molecule has 1 atom stereocenters. The summed E-state index contributed by atoms with van der Waals surface area (Å²) in [6.07, 6.45) is 2.99. The van der Waals surface area contributed by atoms with Crippen molar-refractivity contribution in [1.82, 2.24) is 10.6 Å². The Kier molecular flexibility index (Phi) is 7.84. The quantitative estimate of drug-likeness (QED) is 0.271. The van der Waals surface area contributed by atoms with E-state index in [-0.39, 0.29) is 11.8 Å². The Labute approximate surface area is 177 Å². The Balaban J connectivity index is 1.67. The number of nitrogens with two attached hydrogens (primary N) is 1. The molecule has 0 aromatic heterocycles. The van der Waals surface area contributed by atoms with Crippen molar-refractivity contribution in [3.05, 3.63) is 48.0 Å². The lowest BCUT2D eigenvalue weighted by molar-refractivity contribution is -0.145. The molecule has 2 aromatic carbocycles. The molecular formula is C22H29BN3O4. The summed E-state index contributed by atoms with van der Waals surface area (Å²) in [5.41, 5.74) is 5.39. The average Bonchev–Trinajstić information content (AvgIpc) is 3.27. The first-order valence-corrected chi connectivity index (χ1v) is 10.5. The van der Waals surface area contributed by atoms with Crippen LogP contribution < -0.4 is 16.4 Å². The van der Waals surface area contributed by atoms with Crippen molar-refractivity contribution in [1.29, 1.82) is 0 Å². The summed E-state index contributed by atoms with van der Waals surface area (Å²) in [6.45, 7) is 0.800. The summed E-state index contributed by atoms with van der Waals surface area (Å²) < 4.78 is 5.08. The first-order chi connectivity index (χ1) is 14.6. The highest BCUT2D eigenvalue weighted by molar-refractivity contribution is 6.16. The molecule has 159 valence electrons. The Morgan fingerprint density at radius 1 is 1.13 bits per heavy atom. The minimum Gasteiger partial charge on any atom is -0.429 e. The summed E-state index contributed by atoms with van der Waals surface area (Å²) >= 11 is 0. The van der Waals surface area contributed by atoms with E-state index in [1.165, 1.54) is 0 Å². The van der Waals surface area contributed by atoms with Gasteiger partial charge in [-0.1, -0.05) is 49.2 Å². The third kappa shape index (κ3) is 5.19. The van der Waals surface area contributed by atoms with Gasteiger partial charge in [-0.25, -0.2) is 0 Å². The fourth-order valence-corrected chi connectivity index (χ4v) is 4.07. The maximum Gasteiger partial charge on any atom is 0.486 e. The molecule has 1 saturated carbocycles. The van der Waals surface area contributed by atoms with Gasteiger partial charge < -0.3 is 26.0 Å². The van der Waals surface area contributed by atoms with E-state index in [0.29, 0.717) is 46.5 Å². The van der Waals surface area contributed by atoms with Gasteiger partial charge in [-0.2, -0.15) is 0 Å². The molecule has 7 nitrogen and oxygen atoms in total. The van der Waals surface area contributed by atoms with E-state index < -0.39 is 11.6 Å². The normalized spacial score (nSPS) is 16.2. The number of carbonyl (C=O) groups is 2. The van der Waals surface area contributed by atoms with Crippen molar-refractivity contribution in [3.8, 4) is 0 Å². The molecule has 1 aliphatic carbocycles. The average molecular weight is 410 g/mol. The predicted octanol–water partition coefficient (Wildman–Crippen LogP) is 1.74. The maximum absolute atomic E-state index is 13.1. The predicted molar refractivity (Wildman–Crippen MR) is 116 cm³/mol. The number of fused-ring (bicyclic) bond motifs is 1. The van der Waals surface area contributed by atoms with Crippen LogP contribution in [-0.2, 0) is 20.8 Å². The van der Waals surface area contributed by atoms with Gasteiger partial charge in [0, 0.05) is 6.54 Å². The number of benzene rings is 2. The Morgan fingerprint density at radius 3 is 2.57 bits per heavy atom. The monoisotopic (exact) mass is 410 g/mol. The molecule has 2 aromatic rings. The molecule has 1 aliphatic rings. The smallest absolute Gasteiger partial charge is 0.429 e. The molecule has 1 fully saturated rings. The van der Waals surface area contributed by atoms with Crippen LogP contribution in [0, 0.1) is 5.41 Å². The summed E-state index contributed by atoms with van der Waals surface area (Å²) in [5, 5.41) is 16.9. The lowest BCUT2D eigenvalue weighted by Gasteiger charge is -2.29. The van der Waals surface area contributed by atoms with Crippen LogP contribution in [-0.4, -0.2) is 37.3 Å². The number of hydrogen-bond acceptors (Lipinski definition) is 5. The van der Waals surface area contributed by atoms with Gasteiger partial charge in [0.2, 0.25) is 11.8 Å². The minimum atomic E-state index is -1.11. The third-order valence-corrected chi connectivity index (χ3v) is 5.78. The highest BCUT2D eigenvalue weighted by atomic mass is 16.5. The first kappa shape index (κ1) is 22.3. The van der Waals surface area contributed by atoms with Crippen molar-refractivity contribution in [2.24, 2.45) is 11.1 Å². The summed E-state index contributed by atoms with van der Waals surface area (Å²) in [4.78, 5) is 26.2. The zero-order valence-corrected chi connectivity index (χ0v) is 17.1. The van der Waals surface area contributed by atoms with Gasteiger partial charge in [0.25, 0.3) is 0 Å². The molecule has 8 heteroatoms. The fraction of sp³-hybridized carbons (Fsp3) is 0.455. The van der Waals surface area contributed by atoms with Gasteiger partial charge >= 0.3 is 7.69 Å². The standard InChI is InChI=1S/C22H29BN3O4/c24-13-5-8-19(30-23-29)26-21(28)22(11-3-4-12-22)20(27)25-15-16-9-10-17-6-1-2-7-18(17)14-16/h1-2,6-7,9-10,14,19,29H,3-5,8,11-13,15,24H2,(H,25,27)(H,26,28)/t19-/m1/s1. The van der Waals surface area contributed by atoms with Crippen LogP contribution in [0.5, 0.6) is 0 Å². The number of amides is 2. The Morgan fingerprint density at radius 2 is 1.87 bits per heavy atom. The van der Waals surface area contributed by atoms with Crippen molar-refractivity contribution < 1.29 is 19.3 Å². The van der Waals surface area contributed by atoms with E-state index in [2.05, 4.69) is 10.6 Å². The van der Waals surface area contributed by atoms with Crippen LogP contribution in [0.1, 0.15) is 44.1 Å². The van der Waals surface area contributed by atoms with Crippen LogP contribution in [0.15, 0.2) is 42.5 Å². The molecule has 1 radical (unpaired) electrons. The number of hydrogen-bond donors (Lipinski definition) is 4. The van der Waals surface area contributed by atoms with E-state index in [0.717, 1.165) is 29.2 Å². The second kappa shape index (κ2) is 10.6. The molecule has 0 bridgehead atoms. The zero-order valence-electron chi connectivity index (χ0n) is 17.1. The van der Waals surface area contributed by atoms with Gasteiger partial charge in [-0.05, 0) is 54.6 Å². The molecule has 2 amide bonds. The van der Waals surface area contributed by atoms with Crippen molar-refractivity contribution in [3.63, 3.8) is 0 Å². The topological polar surface area (TPSA) is 114 Å². The summed E-state index contributed by atoms with van der Waals surface area (Å²) in [6, 6.07) is 14.1. The van der Waals surface area contributed by atoms with Crippen LogP contribution >= 0.6 is 0 Å². The molecule has 0 spiro atoms. The van der Waals surface area contributed by atoms with E-state index in [1.807, 2.05) is 42.5 Å². The maximum atomic E-state index is 13.1. The van der Waals surface area contributed by atoms with Crippen molar-refractivity contribution >= 4 is 30.3 Å². The molecule has 5 N–H and O–H groups in total. The summed E-state index contributed by atoms with van der Waals surface area (Å²) in [7, 11) is 0.558. The van der Waals surface area contributed by atoms with E-state index in [1.54, 1.807) is 0 Å². The highest BCUT2D eigenvalue weighted by Gasteiger charge is 2.48. The van der Waals surface area contributed by atoms with Crippen molar-refractivity contribution in [2.75, 3.05) is 6.54 Å². The van der Waals surface area contributed by atoms with E-state index >= 15 is 0 Å². The molecule has 0 saturated heterocycles. The van der Waals surface area contributed by atoms with Crippen molar-refractivity contribution in [2.45, 2.75) is 51.3 Å². The van der Waals surface area contributed by atoms with Crippen LogP contribution in [0.25, 0.3) is 10.8 Å². The summed E-state index contributed by atoms with van der Waals surface area (Å²) in [5.74, 6) is -0.629. The Bertz CT molecular complexity index is 870. The fourth-order valence-electron chi connectivity index (χ4n) is 4.07. The van der Waals surface area contributed by atoms with Crippen LogP contribution in [0.2, 0.25) is 0 Å². The van der Waals surface area contributed by atoms with Gasteiger partial charge in [-0.3, -0.25) is 9.59 Å². The molecular weight excluding hydrogens is 381 g/mol. The first-order valence-electron chi connectivity index (χ1n) is 10.5. The third-order valence-electron chi connectivity index (χ3n) is 5.78. The molecule has 3 rings (SSSR count). The van der Waals surface area contributed by atoms with E-state index in [9.17, 15) is 9.59 Å². The lowest BCUT2D eigenvalue weighted by Crippen LogP contribution is -2.53. The van der Waals surface area contributed by atoms with E-state index in [4.69, 9.17) is 15.4 Å². The highest BCUT2D eigenvalue weighted by Crippen LogP contribution is 2.39. The number of rotatable bonds is 10. The largest absolute Gasteiger partial charge is 0.486 e. The Hall–Kier alpha value is -2.42. The van der Waals surface area contributed by atoms with Crippen LogP contribution in [0.3, 0.4) is 0 Å². The van der Waals surface area contributed by atoms with Gasteiger partial charge in [0.1, 0.15) is 11.6 Å². The molecule has 0 aliphatic heterocycles. The second-order valence-corrected chi connectivity index (χ2v) is 7.79. The van der Waals surface area contributed by atoms with Gasteiger partial charge in [0.05, 0.1) is 0 Å². The molecule has 0 heterocycles. The second-order valence-electron chi connectivity index (χ2n) is 7.79. The number of nitrogens with one attached hydrogen (secondary N) is 2. The van der Waals surface area contributed by atoms with Gasteiger partial charge in [0.15, 0.2) is 0 Å². The minimum absolute atomic E-state index is 0.267. The SMILES string of the molecule is NCCC[C@H](NC(=O)C1(C(=O)NCc2ccc3ccccc3c2)CCCC1)O[B]O. The zero-order chi connectivity index (χ0) is 21.4. The molecule has 30 heavy (non-hydrogen) atoms. The number of carbonyl (C=O) groups excluding carboxylic acids is 2. The molecule has 0 unspecified atom stereocenters.